The van der Waals surface area contributed by atoms with Crippen molar-refractivity contribution in [3.63, 3.8) is 0 Å². The monoisotopic (exact) mass is 362 g/mol. The number of rotatable bonds is 4. The highest BCUT2D eigenvalue weighted by Gasteiger charge is 2.18. The number of ketones is 1. The Morgan fingerprint density at radius 3 is 2.42 bits per heavy atom. The molecule has 1 heterocycles. The number of piperazine rings is 1. The molecule has 3 nitrogen and oxygen atoms in total. The molecule has 3 rings (SSSR count). The molecule has 2 aromatic carbocycles. The third kappa shape index (κ3) is 3.98. The van der Waals surface area contributed by atoms with E-state index in [9.17, 15) is 4.79 Å². The number of nitrogens with zero attached hydrogens (tertiary/aromatic N) is 2. The average molecular weight is 363 g/mol. The van der Waals surface area contributed by atoms with Crippen LogP contribution in [-0.4, -0.2) is 48.8 Å². The Bertz CT molecular complexity index is 740. The van der Waals surface area contributed by atoms with E-state index < -0.39 is 0 Å². The van der Waals surface area contributed by atoms with Crippen LogP contribution in [0.5, 0.6) is 0 Å². The minimum Gasteiger partial charge on any atom is -0.304 e. The van der Waals surface area contributed by atoms with E-state index in [4.69, 9.17) is 23.2 Å². The summed E-state index contributed by atoms with van der Waals surface area (Å²) in [5, 5.41) is 0.859. The fourth-order valence-corrected chi connectivity index (χ4v) is 3.22. The number of hydrogen-bond donors (Lipinski definition) is 0. The Balaban J connectivity index is 1.83. The van der Waals surface area contributed by atoms with Crippen molar-refractivity contribution in [1.82, 2.24) is 9.80 Å². The molecule has 5 heteroatoms. The smallest absolute Gasteiger partial charge is 0.193 e. The Hall–Kier alpha value is -1.39. The summed E-state index contributed by atoms with van der Waals surface area (Å²) in [6, 6.07) is 12.8. The van der Waals surface area contributed by atoms with E-state index in [1.807, 2.05) is 24.3 Å². The lowest BCUT2D eigenvalue weighted by atomic mass is 9.98. The maximum absolute atomic E-state index is 12.9. The molecule has 0 aromatic heterocycles. The SMILES string of the molecule is CN1CCN(Cc2ccccc2C(=O)c2ccc(Cl)c(Cl)c2)CC1. The van der Waals surface area contributed by atoms with Crippen molar-refractivity contribution < 1.29 is 4.79 Å². The van der Waals surface area contributed by atoms with Gasteiger partial charge in [0.1, 0.15) is 0 Å². The fraction of sp³-hybridized carbons (Fsp3) is 0.316. The Morgan fingerprint density at radius 2 is 1.71 bits per heavy atom. The van der Waals surface area contributed by atoms with Crippen molar-refractivity contribution in [1.29, 1.82) is 0 Å². The highest BCUT2D eigenvalue weighted by atomic mass is 35.5. The molecule has 0 radical (unpaired) electrons. The molecule has 0 bridgehead atoms. The molecule has 0 aliphatic carbocycles. The van der Waals surface area contributed by atoms with Crippen LogP contribution in [0.1, 0.15) is 21.5 Å². The molecule has 0 spiro atoms. The van der Waals surface area contributed by atoms with Gasteiger partial charge >= 0.3 is 0 Å². The predicted octanol–water partition coefficient (Wildman–Crippen LogP) is 3.97. The predicted molar refractivity (Wildman–Crippen MR) is 99.1 cm³/mol. The van der Waals surface area contributed by atoms with Crippen molar-refractivity contribution in [3.8, 4) is 0 Å². The van der Waals surface area contributed by atoms with Crippen LogP contribution >= 0.6 is 23.2 Å². The molecule has 1 saturated heterocycles. The van der Waals surface area contributed by atoms with Crippen LogP contribution in [0.15, 0.2) is 42.5 Å². The Kier molecular flexibility index (Phi) is 5.57. The lowest BCUT2D eigenvalue weighted by Gasteiger charge is -2.32. The first kappa shape index (κ1) is 17.4. The van der Waals surface area contributed by atoms with Gasteiger partial charge in [-0.3, -0.25) is 9.69 Å². The second-order valence-electron chi connectivity index (χ2n) is 6.19. The van der Waals surface area contributed by atoms with Crippen molar-refractivity contribution >= 4 is 29.0 Å². The summed E-state index contributed by atoms with van der Waals surface area (Å²) < 4.78 is 0. The van der Waals surface area contributed by atoms with E-state index in [0.29, 0.717) is 15.6 Å². The number of halogens is 2. The number of benzene rings is 2. The largest absolute Gasteiger partial charge is 0.304 e. The summed E-state index contributed by atoms with van der Waals surface area (Å²) in [4.78, 5) is 17.6. The van der Waals surface area contributed by atoms with Gasteiger partial charge in [0.05, 0.1) is 10.0 Å². The van der Waals surface area contributed by atoms with Crippen LogP contribution in [0.2, 0.25) is 10.0 Å². The van der Waals surface area contributed by atoms with Gasteiger partial charge < -0.3 is 4.90 Å². The quantitative estimate of drug-likeness (QED) is 0.768. The third-order valence-electron chi connectivity index (χ3n) is 4.43. The molecule has 0 unspecified atom stereocenters. The zero-order valence-corrected chi connectivity index (χ0v) is 15.1. The standard InChI is InChI=1S/C19H20Cl2N2O/c1-22-8-10-23(11-9-22)13-15-4-2-3-5-16(15)19(24)14-6-7-17(20)18(21)12-14/h2-7,12H,8-11,13H2,1H3. The second kappa shape index (κ2) is 7.66. The maximum Gasteiger partial charge on any atom is 0.193 e. The molecule has 24 heavy (non-hydrogen) atoms. The second-order valence-corrected chi connectivity index (χ2v) is 7.01. The molecule has 2 aromatic rings. The van der Waals surface area contributed by atoms with Gasteiger partial charge in [-0.25, -0.2) is 0 Å². The highest BCUT2D eigenvalue weighted by Crippen LogP contribution is 2.25. The van der Waals surface area contributed by atoms with Crippen LogP contribution in [0.4, 0.5) is 0 Å². The van der Waals surface area contributed by atoms with Crippen LogP contribution in [0.3, 0.4) is 0 Å². The Labute approximate surface area is 152 Å². The minimum absolute atomic E-state index is 0.0155. The number of carbonyl (C=O) groups is 1. The molecule has 1 aliphatic heterocycles. The van der Waals surface area contributed by atoms with E-state index in [1.54, 1.807) is 18.2 Å². The molecule has 1 fully saturated rings. The van der Waals surface area contributed by atoms with Crippen LogP contribution < -0.4 is 0 Å². The lowest BCUT2D eigenvalue weighted by molar-refractivity contribution is 0.103. The van der Waals surface area contributed by atoms with Gasteiger partial charge in [-0.1, -0.05) is 47.5 Å². The zero-order valence-electron chi connectivity index (χ0n) is 13.6. The lowest BCUT2D eigenvalue weighted by Crippen LogP contribution is -2.44. The van der Waals surface area contributed by atoms with E-state index in [-0.39, 0.29) is 5.78 Å². The molecular formula is C19H20Cl2N2O. The number of carbonyl (C=O) groups excluding carboxylic acids is 1. The Morgan fingerprint density at radius 1 is 1.00 bits per heavy atom. The maximum atomic E-state index is 12.9. The number of likely N-dealkylation sites (N-methyl/N-ethyl adjacent to an activating group) is 1. The van der Waals surface area contributed by atoms with Crippen molar-refractivity contribution in [2.75, 3.05) is 33.2 Å². The summed E-state index contributed by atoms with van der Waals surface area (Å²) in [7, 11) is 2.14. The molecule has 0 atom stereocenters. The molecule has 0 amide bonds. The molecule has 0 saturated carbocycles. The first-order chi connectivity index (χ1) is 11.5. The summed E-state index contributed by atoms with van der Waals surface area (Å²) in [6.45, 7) is 4.94. The van der Waals surface area contributed by atoms with Gasteiger partial charge in [-0.2, -0.15) is 0 Å². The number of hydrogen-bond acceptors (Lipinski definition) is 3. The molecule has 126 valence electrons. The average Bonchev–Trinajstić information content (AvgIpc) is 2.59. The molecular weight excluding hydrogens is 343 g/mol. The van der Waals surface area contributed by atoms with Gasteiger partial charge in [0, 0.05) is 43.9 Å². The summed E-state index contributed by atoms with van der Waals surface area (Å²) in [5.74, 6) is -0.0155. The molecule has 0 N–H and O–H groups in total. The first-order valence-electron chi connectivity index (χ1n) is 8.03. The van der Waals surface area contributed by atoms with E-state index in [1.165, 1.54) is 0 Å². The summed E-state index contributed by atoms with van der Waals surface area (Å²) in [5.41, 5.74) is 2.35. The zero-order chi connectivity index (χ0) is 17.1. The first-order valence-corrected chi connectivity index (χ1v) is 8.79. The van der Waals surface area contributed by atoms with Crippen LogP contribution in [0.25, 0.3) is 0 Å². The molecule has 1 aliphatic rings. The van der Waals surface area contributed by atoms with Gasteiger partial charge in [-0.05, 0) is 30.8 Å². The van der Waals surface area contributed by atoms with Gasteiger partial charge in [0.25, 0.3) is 0 Å². The minimum atomic E-state index is -0.0155. The van der Waals surface area contributed by atoms with E-state index >= 15 is 0 Å². The topological polar surface area (TPSA) is 23.6 Å². The van der Waals surface area contributed by atoms with Crippen molar-refractivity contribution in [2.24, 2.45) is 0 Å². The van der Waals surface area contributed by atoms with Gasteiger partial charge in [0.2, 0.25) is 0 Å². The summed E-state index contributed by atoms with van der Waals surface area (Å²) in [6.07, 6.45) is 0. The fourth-order valence-electron chi connectivity index (χ4n) is 2.92. The normalized spacial score (nSPS) is 16.3. The van der Waals surface area contributed by atoms with Gasteiger partial charge in [0.15, 0.2) is 5.78 Å². The van der Waals surface area contributed by atoms with E-state index in [2.05, 4.69) is 16.8 Å². The van der Waals surface area contributed by atoms with Crippen LogP contribution in [0, 0.1) is 0 Å². The van der Waals surface area contributed by atoms with Crippen LogP contribution in [-0.2, 0) is 6.54 Å². The highest BCUT2D eigenvalue weighted by molar-refractivity contribution is 6.42. The van der Waals surface area contributed by atoms with Gasteiger partial charge in [-0.15, -0.1) is 0 Å². The third-order valence-corrected chi connectivity index (χ3v) is 5.17. The summed E-state index contributed by atoms with van der Waals surface area (Å²) >= 11 is 12.0. The van der Waals surface area contributed by atoms with Crippen molar-refractivity contribution in [3.05, 3.63) is 69.2 Å². The van der Waals surface area contributed by atoms with Crippen molar-refractivity contribution in [2.45, 2.75) is 6.54 Å². The van der Waals surface area contributed by atoms with E-state index in [0.717, 1.165) is 43.9 Å².